The standard InChI is InChI=1S/C23H33NO4/c1-19(24(13-15-25)14-16-26)17-27-20(2)18-28-23(21-9-5-3-6-10-21)22-11-7-4-8-12-22/h3-12,19-20,23,25-26H,13-18H2,1-2H3. The highest BCUT2D eigenvalue weighted by Gasteiger charge is 2.18. The molecular weight excluding hydrogens is 354 g/mol. The Balaban J connectivity index is 1.90. The van der Waals surface area contributed by atoms with Crippen LogP contribution in [0, 0.1) is 0 Å². The van der Waals surface area contributed by atoms with E-state index in [1.54, 1.807) is 0 Å². The van der Waals surface area contributed by atoms with Gasteiger partial charge in [0.2, 0.25) is 0 Å². The molecule has 0 aliphatic carbocycles. The molecule has 0 fully saturated rings. The first-order valence-corrected chi connectivity index (χ1v) is 9.94. The monoisotopic (exact) mass is 387 g/mol. The van der Waals surface area contributed by atoms with Gasteiger partial charge in [-0.15, -0.1) is 0 Å². The van der Waals surface area contributed by atoms with Gasteiger partial charge in [-0.25, -0.2) is 0 Å². The smallest absolute Gasteiger partial charge is 0.108 e. The van der Waals surface area contributed by atoms with Gasteiger partial charge in [0, 0.05) is 19.1 Å². The van der Waals surface area contributed by atoms with Crippen LogP contribution >= 0.6 is 0 Å². The number of hydrogen-bond donors (Lipinski definition) is 2. The van der Waals surface area contributed by atoms with Crippen LogP contribution in [0.4, 0.5) is 0 Å². The molecule has 2 aromatic carbocycles. The molecule has 0 radical (unpaired) electrons. The maximum Gasteiger partial charge on any atom is 0.108 e. The maximum atomic E-state index is 9.17. The van der Waals surface area contributed by atoms with Crippen LogP contribution in [-0.2, 0) is 9.47 Å². The zero-order valence-corrected chi connectivity index (χ0v) is 16.9. The van der Waals surface area contributed by atoms with Gasteiger partial charge in [0.05, 0.1) is 32.5 Å². The summed E-state index contributed by atoms with van der Waals surface area (Å²) in [6.07, 6.45) is -0.200. The summed E-state index contributed by atoms with van der Waals surface area (Å²) < 4.78 is 12.2. The van der Waals surface area contributed by atoms with Crippen molar-refractivity contribution in [3.05, 3.63) is 71.8 Å². The number of aliphatic hydroxyl groups is 2. The highest BCUT2D eigenvalue weighted by atomic mass is 16.5. The first-order valence-electron chi connectivity index (χ1n) is 9.94. The molecule has 0 bridgehead atoms. The second kappa shape index (κ2) is 12.6. The predicted molar refractivity (Wildman–Crippen MR) is 111 cm³/mol. The van der Waals surface area contributed by atoms with Crippen molar-refractivity contribution < 1.29 is 19.7 Å². The minimum absolute atomic E-state index is 0.0672. The Morgan fingerprint density at radius 3 is 1.71 bits per heavy atom. The Morgan fingerprint density at radius 2 is 1.25 bits per heavy atom. The van der Waals surface area contributed by atoms with E-state index in [0.29, 0.717) is 26.3 Å². The van der Waals surface area contributed by atoms with Crippen molar-refractivity contribution in [2.24, 2.45) is 0 Å². The molecule has 0 saturated carbocycles. The molecular formula is C23H33NO4. The lowest BCUT2D eigenvalue weighted by Crippen LogP contribution is -2.41. The third kappa shape index (κ3) is 7.34. The summed E-state index contributed by atoms with van der Waals surface area (Å²) in [6, 6.07) is 20.5. The molecule has 0 saturated heterocycles. The third-order valence-corrected chi connectivity index (χ3v) is 4.72. The van der Waals surface area contributed by atoms with E-state index in [0.717, 1.165) is 11.1 Å². The van der Waals surface area contributed by atoms with Crippen LogP contribution in [0.3, 0.4) is 0 Å². The van der Waals surface area contributed by atoms with Gasteiger partial charge in [-0.3, -0.25) is 4.90 Å². The fourth-order valence-electron chi connectivity index (χ4n) is 3.14. The number of aliphatic hydroxyl groups excluding tert-OH is 2. The largest absolute Gasteiger partial charge is 0.395 e. The van der Waals surface area contributed by atoms with Gasteiger partial charge in [-0.2, -0.15) is 0 Å². The van der Waals surface area contributed by atoms with Crippen LogP contribution in [0.15, 0.2) is 60.7 Å². The van der Waals surface area contributed by atoms with E-state index < -0.39 is 0 Å². The molecule has 5 heteroatoms. The van der Waals surface area contributed by atoms with Crippen LogP contribution in [0.2, 0.25) is 0 Å². The molecule has 0 aliphatic rings. The lowest BCUT2D eigenvalue weighted by atomic mass is 10.0. The lowest BCUT2D eigenvalue weighted by molar-refractivity contribution is -0.0440. The fraction of sp³-hybridized carbons (Fsp3) is 0.478. The van der Waals surface area contributed by atoms with Crippen molar-refractivity contribution in [2.75, 3.05) is 39.5 Å². The van der Waals surface area contributed by atoms with Gasteiger partial charge >= 0.3 is 0 Å². The molecule has 0 spiro atoms. The maximum absolute atomic E-state index is 9.17. The van der Waals surface area contributed by atoms with Crippen molar-refractivity contribution in [1.29, 1.82) is 0 Å². The number of nitrogens with zero attached hydrogens (tertiary/aromatic N) is 1. The molecule has 0 aliphatic heterocycles. The molecule has 0 amide bonds. The van der Waals surface area contributed by atoms with E-state index in [1.165, 1.54) is 0 Å². The lowest BCUT2D eigenvalue weighted by Gasteiger charge is -2.29. The quantitative estimate of drug-likeness (QED) is 0.553. The summed E-state index contributed by atoms with van der Waals surface area (Å²) in [5, 5.41) is 18.3. The van der Waals surface area contributed by atoms with Crippen LogP contribution in [-0.4, -0.2) is 66.8 Å². The van der Waals surface area contributed by atoms with Crippen LogP contribution in [0.25, 0.3) is 0 Å². The summed E-state index contributed by atoms with van der Waals surface area (Å²) in [5.41, 5.74) is 2.23. The van der Waals surface area contributed by atoms with Crippen molar-refractivity contribution in [1.82, 2.24) is 4.90 Å². The zero-order valence-electron chi connectivity index (χ0n) is 16.9. The molecule has 2 rings (SSSR count). The fourth-order valence-corrected chi connectivity index (χ4v) is 3.14. The van der Waals surface area contributed by atoms with Gasteiger partial charge in [0.1, 0.15) is 6.10 Å². The second-order valence-corrected chi connectivity index (χ2v) is 7.01. The minimum Gasteiger partial charge on any atom is -0.395 e. The Morgan fingerprint density at radius 1 is 0.750 bits per heavy atom. The van der Waals surface area contributed by atoms with Crippen LogP contribution in [0.1, 0.15) is 31.1 Å². The van der Waals surface area contributed by atoms with Crippen LogP contribution in [0.5, 0.6) is 0 Å². The molecule has 154 valence electrons. The number of benzene rings is 2. The molecule has 5 nitrogen and oxygen atoms in total. The summed E-state index contributed by atoms with van der Waals surface area (Å²) in [7, 11) is 0. The summed E-state index contributed by atoms with van der Waals surface area (Å²) >= 11 is 0. The van der Waals surface area contributed by atoms with Crippen LogP contribution < -0.4 is 0 Å². The number of ether oxygens (including phenoxy) is 2. The Labute approximate surface area is 168 Å². The average molecular weight is 388 g/mol. The first kappa shape index (κ1) is 22.5. The van der Waals surface area contributed by atoms with E-state index >= 15 is 0 Å². The van der Waals surface area contributed by atoms with Gasteiger partial charge in [-0.05, 0) is 25.0 Å². The Kier molecular flexibility index (Phi) is 10.2. The van der Waals surface area contributed by atoms with Crippen molar-refractivity contribution >= 4 is 0 Å². The normalized spacial score (nSPS) is 13.8. The Hall–Kier alpha value is -1.76. The van der Waals surface area contributed by atoms with E-state index in [2.05, 4.69) is 24.3 Å². The highest BCUT2D eigenvalue weighted by Crippen LogP contribution is 2.26. The molecule has 0 heterocycles. The Bertz CT molecular complexity index is 592. The molecule has 2 N–H and O–H groups in total. The van der Waals surface area contributed by atoms with E-state index in [-0.39, 0.29) is 31.5 Å². The van der Waals surface area contributed by atoms with Crippen molar-refractivity contribution in [3.63, 3.8) is 0 Å². The van der Waals surface area contributed by atoms with Gasteiger partial charge in [-0.1, -0.05) is 60.7 Å². The molecule has 0 aromatic heterocycles. The molecule has 28 heavy (non-hydrogen) atoms. The van der Waals surface area contributed by atoms with Crippen molar-refractivity contribution in [2.45, 2.75) is 32.1 Å². The third-order valence-electron chi connectivity index (χ3n) is 4.72. The number of hydrogen-bond acceptors (Lipinski definition) is 5. The first-order chi connectivity index (χ1) is 13.7. The molecule has 2 aromatic rings. The van der Waals surface area contributed by atoms with E-state index in [1.807, 2.05) is 55.1 Å². The molecule has 2 unspecified atom stereocenters. The summed E-state index contributed by atoms with van der Waals surface area (Å²) in [6.45, 7) is 6.22. The SMILES string of the molecule is CC(COC(c1ccccc1)c1ccccc1)OCC(C)N(CCO)CCO. The number of rotatable bonds is 13. The topological polar surface area (TPSA) is 62.2 Å². The van der Waals surface area contributed by atoms with E-state index in [4.69, 9.17) is 19.7 Å². The average Bonchev–Trinajstić information content (AvgIpc) is 2.73. The van der Waals surface area contributed by atoms with Crippen molar-refractivity contribution in [3.8, 4) is 0 Å². The van der Waals surface area contributed by atoms with Gasteiger partial charge in [0.25, 0.3) is 0 Å². The summed E-state index contributed by atoms with van der Waals surface area (Å²) in [5.74, 6) is 0. The molecule has 2 atom stereocenters. The van der Waals surface area contributed by atoms with Gasteiger partial charge < -0.3 is 19.7 Å². The predicted octanol–water partition coefficient (Wildman–Crippen LogP) is 2.87. The second-order valence-electron chi connectivity index (χ2n) is 7.01. The minimum atomic E-state index is -0.133. The van der Waals surface area contributed by atoms with E-state index in [9.17, 15) is 0 Å². The highest BCUT2D eigenvalue weighted by molar-refractivity contribution is 5.29. The zero-order chi connectivity index (χ0) is 20.2. The summed E-state index contributed by atoms with van der Waals surface area (Å²) in [4.78, 5) is 2.02. The van der Waals surface area contributed by atoms with Gasteiger partial charge in [0.15, 0.2) is 0 Å².